The predicted molar refractivity (Wildman–Crippen MR) is 208 cm³/mol. The van der Waals surface area contributed by atoms with Crippen LogP contribution in [0.1, 0.15) is 30.1 Å². The van der Waals surface area contributed by atoms with Crippen LogP contribution in [0, 0.1) is 0 Å². The number of aromatic nitrogens is 2. The van der Waals surface area contributed by atoms with Gasteiger partial charge in [-0.25, -0.2) is 9.98 Å². The lowest BCUT2D eigenvalue weighted by Crippen LogP contribution is -2.33. The molecule has 2 aromatic heterocycles. The van der Waals surface area contributed by atoms with Gasteiger partial charge < -0.3 is 14.5 Å². The molecule has 0 saturated carbocycles. The van der Waals surface area contributed by atoms with E-state index in [1.54, 1.807) is 0 Å². The van der Waals surface area contributed by atoms with E-state index in [9.17, 15) is 0 Å². The van der Waals surface area contributed by atoms with Crippen molar-refractivity contribution in [3.63, 3.8) is 0 Å². The van der Waals surface area contributed by atoms with Crippen LogP contribution in [0.5, 0.6) is 0 Å². The molecule has 1 aliphatic carbocycles. The van der Waals surface area contributed by atoms with Crippen molar-refractivity contribution in [3.05, 3.63) is 181 Å². The van der Waals surface area contributed by atoms with Gasteiger partial charge in [0.1, 0.15) is 12.0 Å². The number of allylic oxidation sites excluding steroid dienone is 3. The molecule has 5 nitrogen and oxygen atoms in total. The molecule has 5 heteroatoms. The Bertz CT molecular complexity index is 2670. The summed E-state index contributed by atoms with van der Waals surface area (Å²) in [4.78, 5) is 10.3. The maximum Gasteiger partial charge on any atom is 0.155 e. The first kappa shape index (κ1) is 28.5. The number of nitrogens with one attached hydrogen (secondary N) is 1. The highest BCUT2D eigenvalue weighted by Gasteiger charge is 2.24. The van der Waals surface area contributed by atoms with E-state index >= 15 is 0 Å². The minimum Gasteiger partial charge on any atom is -0.344 e. The first-order valence-corrected chi connectivity index (χ1v) is 17.3. The van der Waals surface area contributed by atoms with Gasteiger partial charge in [0.25, 0.3) is 0 Å². The smallest absolute Gasteiger partial charge is 0.155 e. The molecule has 238 valence electrons. The van der Waals surface area contributed by atoms with Crippen molar-refractivity contribution in [2.24, 2.45) is 9.98 Å². The number of benzene rings is 6. The molecular weight excluding hydrogens is 611 g/mol. The second-order valence-electron chi connectivity index (χ2n) is 13.0. The van der Waals surface area contributed by atoms with Crippen molar-refractivity contribution in [2.45, 2.75) is 19.0 Å². The van der Waals surface area contributed by atoms with Gasteiger partial charge in [0, 0.05) is 38.5 Å². The van der Waals surface area contributed by atoms with E-state index in [0.29, 0.717) is 0 Å². The molecule has 6 aromatic carbocycles. The second kappa shape index (κ2) is 11.6. The number of aliphatic imine (C=N–C) groups is 2. The summed E-state index contributed by atoms with van der Waals surface area (Å²) in [6.07, 6.45) is 6.22. The number of para-hydroxylation sites is 3. The van der Waals surface area contributed by atoms with Crippen molar-refractivity contribution < 1.29 is 0 Å². The predicted octanol–water partition coefficient (Wildman–Crippen LogP) is 10.6. The molecule has 0 amide bonds. The number of rotatable bonds is 5. The van der Waals surface area contributed by atoms with E-state index in [1.807, 2.05) is 12.1 Å². The maximum absolute atomic E-state index is 5.19. The van der Waals surface area contributed by atoms with E-state index < -0.39 is 0 Å². The van der Waals surface area contributed by atoms with Crippen LogP contribution in [-0.2, 0) is 0 Å². The topological polar surface area (TPSA) is 46.6 Å². The Kier molecular flexibility index (Phi) is 6.62. The van der Waals surface area contributed by atoms with Crippen molar-refractivity contribution in [1.82, 2.24) is 14.5 Å². The molecule has 0 fully saturated rings. The van der Waals surface area contributed by atoms with Crippen LogP contribution < -0.4 is 5.32 Å². The van der Waals surface area contributed by atoms with Gasteiger partial charge in [-0.2, -0.15) is 0 Å². The van der Waals surface area contributed by atoms with Crippen LogP contribution in [0.25, 0.3) is 55.0 Å². The average molecular weight is 644 g/mol. The van der Waals surface area contributed by atoms with Crippen LogP contribution in [0.2, 0.25) is 0 Å². The van der Waals surface area contributed by atoms with E-state index in [1.165, 1.54) is 43.6 Å². The van der Waals surface area contributed by atoms with Crippen molar-refractivity contribution in [3.8, 4) is 5.69 Å². The van der Waals surface area contributed by atoms with Gasteiger partial charge >= 0.3 is 0 Å². The molecule has 8 aromatic rings. The van der Waals surface area contributed by atoms with Crippen LogP contribution in [0.4, 0.5) is 0 Å². The summed E-state index contributed by atoms with van der Waals surface area (Å²) in [6.45, 7) is 0. The Balaban J connectivity index is 1.12. The Hall–Kier alpha value is -6.46. The van der Waals surface area contributed by atoms with Crippen LogP contribution in [0.15, 0.2) is 179 Å². The molecule has 1 N–H and O–H groups in total. The molecule has 50 heavy (non-hydrogen) atoms. The SMILES string of the molecule is C1=C(C2=NC(c3ccccc3)NC(c3ccccc3)=N2)CCC=C1n1c2ccccc2c2cc(-n3c4ccccc4c4ccccc43)ccc21. The van der Waals surface area contributed by atoms with Gasteiger partial charge in [-0.15, -0.1) is 0 Å². The Morgan fingerprint density at radius 2 is 1.14 bits per heavy atom. The van der Waals surface area contributed by atoms with E-state index in [0.717, 1.165) is 52.6 Å². The Labute approximate surface area is 289 Å². The quantitative estimate of drug-likeness (QED) is 0.199. The monoisotopic (exact) mass is 643 g/mol. The molecule has 1 unspecified atom stereocenters. The molecule has 1 aliphatic heterocycles. The normalized spacial score (nSPS) is 16.3. The Morgan fingerprint density at radius 1 is 0.560 bits per heavy atom. The number of hydrogen-bond donors (Lipinski definition) is 1. The summed E-state index contributed by atoms with van der Waals surface area (Å²) >= 11 is 0. The number of fused-ring (bicyclic) bond motifs is 6. The minimum atomic E-state index is -0.221. The van der Waals surface area contributed by atoms with E-state index in [2.05, 4.69) is 166 Å². The molecule has 0 saturated heterocycles. The number of hydrogen-bond acceptors (Lipinski definition) is 3. The highest BCUT2D eigenvalue weighted by molar-refractivity contribution is 6.15. The minimum absolute atomic E-state index is 0.221. The molecule has 0 radical (unpaired) electrons. The first-order chi connectivity index (χ1) is 24.8. The molecular formula is C45H33N5. The van der Waals surface area contributed by atoms with E-state index in [4.69, 9.17) is 9.98 Å². The van der Waals surface area contributed by atoms with E-state index in [-0.39, 0.29) is 6.17 Å². The maximum atomic E-state index is 5.19. The zero-order valence-corrected chi connectivity index (χ0v) is 27.4. The van der Waals surface area contributed by atoms with Crippen molar-refractivity contribution in [1.29, 1.82) is 0 Å². The van der Waals surface area contributed by atoms with Crippen LogP contribution in [0.3, 0.4) is 0 Å². The zero-order chi connectivity index (χ0) is 33.0. The van der Waals surface area contributed by atoms with Gasteiger partial charge in [0.15, 0.2) is 5.84 Å². The van der Waals surface area contributed by atoms with Gasteiger partial charge in [0.2, 0.25) is 0 Å². The molecule has 0 bridgehead atoms. The lowest BCUT2D eigenvalue weighted by molar-refractivity contribution is 0.672. The summed E-state index contributed by atoms with van der Waals surface area (Å²) in [7, 11) is 0. The fourth-order valence-electron chi connectivity index (χ4n) is 7.74. The third kappa shape index (κ3) is 4.62. The molecule has 10 rings (SSSR count). The number of nitrogens with zero attached hydrogens (tertiary/aromatic N) is 4. The lowest BCUT2D eigenvalue weighted by Gasteiger charge is -2.25. The zero-order valence-electron chi connectivity index (χ0n) is 27.4. The van der Waals surface area contributed by atoms with Gasteiger partial charge in [-0.3, -0.25) is 0 Å². The summed E-state index contributed by atoms with van der Waals surface area (Å²) in [5.74, 6) is 1.63. The third-order valence-corrected chi connectivity index (χ3v) is 10.0. The summed E-state index contributed by atoms with van der Waals surface area (Å²) < 4.78 is 4.81. The van der Waals surface area contributed by atoms with Gasteiger partial charge in [-0.05, 0) is 66.5 Å². The van der Waals surface area contributed by atoms with Crippen molar-refractivity contribution in [2.75, 3.05) is 0 Å². The van der Waals surface area contributed by atoms with Crippen LogP contribution >= 0.6 is 0 Å². The summed E-state index contributed by atoms with van der Waals surface area (Å²) in [5, 5.41) is 8.60. The largest absolute Gasteiger partial charge is 0.344 e. The third-order valence-electron chi connectivity index (χ3n) is 10.0. The highest BCUT2D eigenvalue weighted by Crippen LogP contribution is 2.38. The Morgan fingerprint density at radius 3 is 1.84 bits per heavy atom. The van der Waals surface area contributed by atoms with Crippen molar-refractivity contribution >= 4 is 61.0 Å². The fourth-order valence-corrected chi connectivity index (χ4v) is 7.74. The summed E-state index contributed by atoms with van der Waals surface area (Å²) in [5.41, 5.74) is 10.4. The fraction of sp³-hybridized carbons (Fsp3) is 0.0667. The lowest BCUT2D eigenvalue weighted by atomic mass is 10.0. The molecule has 1 atom stereocenters. The van der Waals surface area contributed by atoms with Gasteiger partial charge in [0.05, 0.1) is 22.1 Å². The first-order valence-electron chi connectivity index (χ1n) is 17.3. The summed E-state index contributed by atoms with van der Waals surface area (Å²) in [6, 6.07) is 53.8. The van der Waals surface area contributed by atoms with Crippen LogP contribution in [-0.4, -0.2) is 20.8 Å². The van der Waals surface area contributed by atoms with Gasteiger partial charge in [-0.1, -0.05) is 121 Å². The average Bonchev–Trinajstić information content (AvgIpc) is 3.71. The molecule has 2 aliphatic rings. The molecule has 3 heterocycles. The highest BCUT2D eigenvalue weighted by atomic mass is 15.2. The second-order valence-corrected chi connectivity index (χ2v) is 13.0. The number of amidine groups is 2. The standard InChI is InChI=1S/C45H33N5/c1-3-14-30(15-4-1)43-46-44(31-16-5-2-6-17-31)48-45(47-43)32-18-13-19-33(28-32)49-41-25-12-9-22-37(41)38-29-34(26-27-42(38)49)50-39-23-10-7-20-35(39)36-21-8-11-24-40(36)50/h1-12,14-17,19-29,43H,13,18H2,(H,46,47,48). The molecule has 0 spiro atoms.